The maximum absolute atomic E-state index is 13.7. The van der Waals surface area contributed by atoms with Gasteiger partial charge < -0.3 is 30.4 Å². The van der Waals surface area contributed by atoms with E-state index in [1.165, 1.54) is 12.4 Å². The van der Waals surface area contributed by atoms with Crippen LogP contribution < -0.4 is 20.1 Å². The van der Waals surface area contributed by atoms with Gasteiger partial charge in [-0.2, -0.15) is 0 Å². The van der Waals surface area contributed by atoms with Crippen LogP contribution in [0.4, 0.5) is 5.69 Å². The molecular weight excluding hydrogens is 482 g/mol. The maximum atomic E-state index is 13.7. The topological polar surface area (TPSA) is 122 Å². The van der Waals surface area contributed by atoms with Crippen molar-refractivity contribution in [3.63, 3.8) is 0 Å². The second-order valence-corrected chi connectivity index (χ2v) is 9.65. The molecule has 196 valence electrons. The van der Waals surface area contributed by atoms with E-state index < -0.39 is 5.41 Å². The summed E-state index contributed by atoms with van der Waals surface area (Å²) in [5.41, 5.74) is 7.55. The molecule has 38 heavy (non-hydrogen) atoms. The average Bonchev–Trinajstić information content (AvgIpc) is 3.28. The number of likely N-dealkylation sites (tertiary alicyclic amines) is 1. The third-order valence-corrected chi connectivity index (χ3v) is 7.84. The van der Waals surface area contributed by atoms with E-state index in [1.54, 1.807) is 30.2 Å². The predicted octanol–water partition coefficient (Wildman–Crippen LogP) is 3.86. The lowest BCUT2D eigenvalue weighted by Crippen LogP contribution is -2.47. The van der Waals surface area contributed by atoms with E-state index in [2.05, 4.69) is 4.98 Å². The first-order chi connectivity index (χ1) is 18.5. The van der Waals surface area contributed by atoms with E-state index in [0.717, 1.165) is 22.9 Å². The van der Waals surface area contributed by atoms with E-state index in [0.29, 0.717) is 60.8 Å². The summed E-state index contributed by atoms with van der Waals surface area (Å²) in [5, 5.41) is 9.18. The quantitative estimate of drug-likeness (QED) is 0.483. The molecule has 0 atom stereocenters. The van der Waals surface area contributed by atoms with Gasteiger partial charge in [0.05, 0.1) is 25.8 Å². The molecule has 2 fully saturated rings. The smallest absolute Gasteiger partial charge is 0.273 e. The van der Waals surface area contributed by atoms with Crippen molar-refractivity contribution >= 4 is 40.1 Å². The summed E-state index contributed by atoms with van der Waals surface area (Å²) in [6, 6.07) is 13.1. The Balaban J connectivity index is 1.33. The SMILES string of the molecule is COc1cc(N2CCC3(CCN(C(=O)c4ncc(OC)c5ccccc45)CC3)C2=O)ccc1/C(C=N)=C/N. The molecule has 3 aromatic rings. The number of pyridine rings is 1. The Hall–Kier alpha value is -4.40. The largest absolute Gasteiger partial charge is 0.496 e. The van der Waals surface area contributed by atoms with E-state index in [-0.39, 0.29) is 11.8 Å². The van der Waals surface area contributed by atoms with Crippen molar-refractivity contribution < 1.29 is 19.1 Å². The molecular formula is C29H31N5O4. The number of amides is 2. The van der Waals surface area contributed by atoms with Gasteiger partial charge in [0.1, 0.15) is 17.2 Å². The Morgan fingerprint density at radius 2 is 1.71 bits per heavy atom. The van der Waals surface area contributed by atoms with Crippen molar-refractivity contribution in [2.45, 2.75) is 19.3 Å². The molecule has 9 heteroatoms. The number of carbonyl (C=O) groups is 2. The molecule has 1 spiro atoms. The number of nitrogens with one attached hydrogen (secondary N) is 1. The van der Waals surface area contributed by atoms with E-state index >= 15 is 0 Å². The number of fused-ring (bicyclic) bond motifs is 1. The number of allylic oxidation sites excluding steroid dienone is 1. The van der Waals surface area contributed by atoms with Crippen LogP contribution in [0.5, 0.6) is 11.5 Å². The van der Waals surface area contributed by atoms with Gasteiger partial charge in [-0.05, 0) is 31.4 Å². The van der Waals surface area contributed by atoms with Crippen LogP contribution in [-0.2, 0) is 4.79 Å². The summed E-state index contributed by atoms with van der Waals surface area (Å²) in [7, 11) is 3.15. The summed E-state index contributed by atoms with van der Waals surface area (Å²) in [6.07, 6.45) is 6.06. The number of hydrogen-bond acceptors (Lipinski definition) is 7. The van der Waals surface area contributed by atoms with Gasteiger partial charge in [-0.1, -0.05) is 24.3 Å². The van der Waals surface area contributed by atoms with Gasteiger partial charge in [0.2, 0.25) is 5.91 Å². The molecule has 2 amide bonds. The van der Waals surface area contributed by atoms with Crippen LogP contribution in [0.25, 0.3) is 16.3 Å². The van der Waals surface area contributed by atoms with Crippen LogP contribution in [-0.4, -0.2) is 61.8 Å². The highest BCUT2D eigenvalue weighted by molar-refractivity contribution is 6.10. The molecule has 0 radical (unpaired) electrons. The number of aromatic nitrogens is 1. The standard InChI is InChI=1S/C29H31N5O4/c1-37-24-15-20(7-8-21(24)19(16-30)17-31)34-14-11-29(28(34)36)9-12-33(13-10-29)27(35)26-23-6-4-3-5-22(23)25(38-2)18-32-26/h3-8,15-18,30H,9-14,31H2,1-2H3/b19-17+,30-16?. The molecule has 0 aliphatic carbocycles. The van der Waals surface area contributed by atoms with Gasteiger partial charge in [0.15, 0.2) is 0 Å². The fraction of sp³-hybridized carbons (Fsp3) is 0.310. The van der Waals surface area contributed by atoms with Crippen molar-refractivity contribution in [2.75, 3.05) is 38.8 Å². The van der Waals surface area contributed by atoms with Gasteiger partial charge in [-0.15, -0.1) is 0 Å². The molecule has 2 aromatic carbocycles. The number of benzene rings is 2. The van der Waals surface area contributed by atoms with Gasteiger partial charge in [-0.3, -0.25) is 9.59 Å². The van der Waals surface area contributed by atoms with E-state index in [1.807, 2.05) is 42.5 Å². The number of nitrogens with zero attached hydrogens (tertiary/aromatic N) is 3. The van der Waals surface area contributed by atoms with Crippen LogP contribution in [0, 0.1) is 10.8 Å². The summed E-state index contributed by atoms with van der Waals surface area (Å²) < 4.78 is 11.0. The van der Waals surface area contributed by atoms with Crippen LogP contribution >= 0.6 is 0 Å². The molecule has 0 bridgehead atoms. The fourth-order valence-corrected chi connectivity index (χ4v) is 5.62. The predicted molar refractivity (Wildman–Crippen MR) is 147 cm³/mol. The summed E-state index contributed by atoms with van der Waals surface area (Å²) in [6.45, 7) is 1.59. The first-order valence-corrected chi connectivity index (χ1v) is 12.6. The zero-order valence-corrected chi connectivity index (χ0v) is 21.6. The summed E-state index contributed by atoms with van der Waals surface area (Å²) >= 11 is 0. The number of carbonyl (C=O) groups excluding carboxylic acids is 2. The van der Waals surface area contributed by atoms with E-state index in [9.17, 15) is 9.59 Å². The number of rotatable bonds is 6. The zero-order chi connectivity index (χ0) is 26.9. The number of nitrogens with two attached hydrogens (primary N) is 1. The number of piperidine rings is 1. The lowest BCUT2D eigenvalue weighted by atomic mass is 9.77. The molecule has 2 aliphatic rings. The van der Waals surface area contributed by atoms with Crippen LogP contribution in [0.15, 0.2) is 54.9 Å². The monoisotopic (exact) mass is 513 g/mol. The molecule has 9 nitrogen and oxygen atoms in total. The average molecular weight is 514 g/mol. The van der Waals surface area contributed by atoms with Crippen LogP contribution in [0.2, 0.25) is 0 Å². The minimum Gasteiger partial charge on any atom is -0.496 e. The molecule has 3 heterocycles. The van der Waals surface area contributed by atoms with Crippen molar-refractivity contribution in [2.24, 2.45) is 11.1 Å². The van der Waals surface area contributed by atoms with Crippen molar-refractivity contribution in [3.8, 4) is 11.5 Å². The Morgan fingerprint density at radius 1 is 1.03 bits per heavy atom. The first-order valence-electron chi connectivity index (χ1n) is 12.6. The number of hydrogen-bond donors (Lipinski definition) is 2. The lowest BCUT2D eigenvalue weighted by molar-refractivity contribution is -0.127. The second kappa shape index (κ2) is 10.2. The van der Waals surface area contributed by atoms with Gasteiger partial charge in [-0.25, -0.2) is 4.98 Å². The highest BCUT2D eigenvalue weighted by Crippen LogP contribution is 2.44. The van der Waals surface area contributed by atoms with Crippen molar-refractivity contribution in [3.05, 3.63) is 66.1 Å². The lowest BCUT2D eigenvalue weighted by Gasteiger charge is -2.38. The van der Waals surface area contributed by atoms with Gasteiger partial charge >= 0.3 is 0 Å². The van der Waals surface area contributed by atoms with E-state index in [4.69, 9.17) is 20.6 Å². The maximum Gasteiger partial charge on any atom is 0.273 e. The third-order valence-electron chi connectivity index (χ3n) is 7.84. The van der Waals surface area contributed by atoms with Crippen molar-refractivity contribution in [1.29, 1.82) is 5.41 Å². The molecule has 0 unspecified atom stereocenters. The van der Waals surface area contributed by atoms with Crippen LogP contribution in [0.1, 0.15) is 35.3 Å². The van der Waals surface area contributed by atoms with Crippen LogP contribution in [0.3, 0.4) is 0 Å². The summed E-state index contributed by atoms with van der Waals surface area (Å²) in [4.78, 5) is 35.2. The number of anilines is 1. The fourth-order valence-electron chi connectivity index (χ4n) is 5.62. The highest BCUT2D eigenvalue weighted by Gasteiger charge is 2.49. The normalized spacial score (nSPS) is 17.2. The minimum absolute atomic E-state index is 0.0778. The molecule has 0 saturated carbocycles. The molecule has 3 N–H and O–H groups in total. The Kier molecular flexibility index (Phi) is 6.75. The Bertz CT molecular complexity index is 1440. The van der Waals surface area contributed by atoms with Crippen molar-refractivity contribution in [1.82, 2.24) is 9.88 Å². The zero-order valence-electron chi connectivity index (χ0n) is 21.6. The minimum atomic E-state index is -0.491. The van der Waals surface area contributed by atoms with Gasteiger partial charge in [0.25, 0.3) is 5.91 Å². The second-order valence-electron chi connectivity index (χ2n) is 9.65. The molecule has 2 aliphatic heterocycles. The number of ether oxygens (including phenoxy) is 2. The molecule has 5 rings (SSSR count). The highest BCUT2D eigenvalue weighted by atomic mass is 16.5. The first kappa shape index (κ1) is 25.3. The Labute approximate surface area is 221 Å². The number of methoxy groups -OCH3 is 2. The summed E-state index contributed by atoms with van der Waals surface area (Å²) in [5.74, 6) is 1.13. The Morgan fingerprint density at radius 3 is 2.37 bits per heavy atom. The third kappa shape index (κ3) is 4.13. The van der Waals surface area contributed by atoms with Gasteiger partial charge in [0, 0.05) is 65.7 Å². The molecule has 1 aromatic heterocycles. The molecule has 2 saturated heterocycles.